The number of amides is 1. The number of hydrogen-bond donors (Lipinski definition) is 1. The van der Waals surface area contributed by atoms with E-state index in [1.807, 2.05) is 24.3 Å². The first kappa shape index (κ1) is 12.8. The summed E-state index contributed by atoms with van der Waals surface area (Å²) in [5, 5.41) is 0. The minimum absolute atomic E-state index is 0.170. The Hall–Kier alpha value is -1.64. The molecule has 1 aromatic rings. The van der Waals surface area contributed by atoms with Crippen molar-refractivity contribution in [2.45, 2.75) is 38.5 Å². The van der Waals surface area contributed by atoms with Gasteiger partial charge in [0.25, 0.3) is 0 Å². The Morgan fingerprint density at radius 1 is 1.28 bits per heavy atom. The zero-order chi connectivity index (χ0) is 13.1. The second-order valence-corrected chi connectivity index (χ2v) is 5.10. The molecule has 1 aliphatic carbocycles. The zero-order valence-electron chi connectivity index (χ0n) is 10.7. The van der Waals surface area contributed by atoms with Crippen molar-refractivity contribution >= 4 is 11.7 Å². The molecule has 0 heterocycles. The summed E-state index contributed by atoms with van der Waals surface area (Å²) < 4.78 is 0. The molecule has 0 saturated heterocycles. The van der Waals surface area contributed by atoms with E-state index in [1.54, 1.807) is 6.92 Å². The molecule has 0 spiro atoms. The van der Waals surface area contributed by atoms with Gasteiger partial charge in [-0.05, 0) is 31.4 Å². The van der Waals surface area contributed by atoms with Crippen molar-refractivity contribution in [1.29, 1.82) is 0 Å². The van der Waals surface area contributed by atoms with Crippen molar-refractivity contribution in [2.75, 3.05) is 0 Å². The highest BCUT2D eigenvalue weighted by atomic mass is 16.1. The largest absolute Gasteiger partial charge is 0.369 e. The van der Waals surface area contributed by atoms with E-state index in [0.29, 0.717) is 5.56 Å². The van der Waals surface area contributed by atoms with E-state index in [9.17, 15) is 9.59 Å². The third kappa shape index (κ3) is 2.61. The van der Waals surface area contributed by atoms with E-state index in [4.69, 9.17) is 5.73 Å². The lowest BCUT2D eigenvalue weighted by atomic mass is 9.92. The van der Waals surface area contributed by atoms with E-state index in [0.717, 1.165) is 31.2 Å². The van der Waals surface area contributed by atoms with Crippen molar-refractivity contribution in [3.05, 3.63) is 35.4 Å². The fraction of sp³-hybridized carbons (Fsp3) is 0.467. The van der Waals surface area contributed by atoms with Crippen molar-refractivity contribution in [3.63, 3.8) is 0 Å². The van der Waals surface area contributed by atoms with Gasteiger partial charge in [-0.2, -0.15) is 0 Å². The van der Waals surface area contributed by atoms with Gasteiger partial charge in [0.05, 0.1) is 5.92 Å². The Balaban J connectivity index is 2.21. The Kier molecular flexibility index (Phi) is 3.80. The summed E-state index contributed by atoms with van der Waals surface area (Å²) in [6.45, 7) is 1.77. The summed E-state index contributed by atoms with van der Waals surface area (Å²) in [6, 6.07) is 7.33. The number of rotatable bonds is 4. The molecule has 1 atom stereocenters. The summed E-state index contributed by atoms with van der Waals surface area (Å²) >= 11 is 0. The lowest BCUT2D eigenvalue weighted by Crippen LogP contribution is -2.19. The summed E-state index contributed by atoms with van der Waals surface area (Å²) in [7, 11) is 0. The molecule has 0 aliphatic heterocycles. The molecule has 3 nitrogen and oxygen atoms in total. The van der Waals surface area contributed by atoms with Gasteiger partial charge in [0.1, 0.15) is 0 Å². The van der Waals surface area contributed by atoms with Crippen molar-refractivity contribution in [1.82, 2.24) is 0 Å². The molecule has 0 radical (unpaired) electrons. The SMILES string of the molecule is C[C@@H](C(N)=O)c1cccc(C(=O)C2CCCC2)c1. The van der Waals surface area contributed by atoms with Gasteiger partial charge in [-0.3, -0.25) is 9.59 Å². The number of benzene rings is 1. The molecule has 1 fully saturated rings. The normalized spacial score (nSPS) is 17.6. The van der Waals surface area contributed by atoms with Crippen LogP contribution in [0.25, 0.3) is 0 Å². The second-order valence-electron chi connectivity index (χ2n) is 5.10. The molecule has 0 unspecified atom stereocenters. The molecule has 2 rings (SSSR count). The Morgan fingerprint density at radius 2 is 1.94 bits per heavy atom. The van der Waals surface area contributed by atoms with Crippen LogP contribution in [0.15, 0.2) is 24.3 Å². The predicted octanol–water partition coefficient (Wildman–Crippen LogP) is 2.65. The lowest BCUT2D eigenvalue weighted by molar-refractivity contribution is -0.119. The second kappa shape index (κ2) is 5.34. The van der Waals surface area contributed by atoms with E-state index in [-0.39, 0.29) is 23.5 Å². The van der Waals surface area contributed by atoms with Crippen LogP contribution in [0.4, 0.5) is 0 Å². The van der Waals surface area contributed by atoms with Crippen molar-refractivity contribution in [3.8, 4) is 0 Å². The Morgan fingerprint density at radius 3 is 2.56 bits per heavy atom. The lowest BCUT2D eigenvalue weighted by Gasteiger charge is -2.11. The average Bonchev–Trinajstić information content (AvgIpc) is 2.91. The van der Waals surface area contributed by atoms with Crippen LogP contribution in [-0.2, 0) is 4.79 Å². The number of primary amides is 1. The molecule has 96 valence electrons. The van der Waals surface area contributed by atoms with Gasteiger partial charge in [0.2, 0.25) is 5.91 Å². The van der Waals surface area contributed by atoms with Gasteiger partial charge in [-0.1, -0.05) is 31.0 Å². The highest BCUT2D eigenvalue weighted by Crippen LogP contribution is 2.28. The molecule has 1 aliphatic rings. The zero-order valence-corrected chi connectivity index (χ0v) is 10.7. The summed E-state index contributed by atoms with van der Waals surface area (Å²) in [4.78, 5) is 23.4. The maximum Gasteiger partial charge on any atom is 0.224 e. The third-order valence-electron chi connectivity index (χ3n) is 3.82. The Labute approximate surface area is 107 Å². The molecular formula is C15H19NO2. The Bertz CT molecular complexity index is 461. The number of ketones is 1. The number of Topliss-reactive ketones (excluding diaryl/α,β-unsaturated/α-hetero) is 1. The fourth-order valence-corrected chi connectivity index (χ4v) is 2.55. The smallest absolute Gasteiger partial charge is 0.224 e. The molecule has 3 heteroatoms. The topological polar surface area (TPSA) is 60.2 Å². The molecule has 1 amide bonds. The average molecular weight is 245 g/mol. The van der Waals surface area contributed by atoms with E-state index >= 15 is 0 Å². The molecule has 2 N–H and O–H groups in total. The summed E-state index contributed by atoms with van der Waals surface area (Å²) in [6.07, 6.45) is 4.28. The quantitative estimate of drug-likeness (QED) is 0.829. The van der Waals surface area contributed by atoms with Gasteiger partial charge in [-0.15, -0.1) is 0 Å². The number of hydrogen-bond acceptors (Lipinski definition) is 2. The monoisotopic (exact) mass is 245 g/mol. The standard InChI is InChI=1S/C15H19NO2/c1-10(15(16)18)12-7-4-8-13(9-12)14(17)11-5-2-3-6-11/h4,7-11H,2-3,5-6H2,1H3,(H2,16,18)/t10-/m1/s1. The highest BCUT2D eigenvalue weighted by Gasteiger charge is 2.24. The first-order chi connectivity index (χ1) is 8.59. The van der Waals surface area contributed by atoms with Gasteiger partial charge in [0.15, 0.2) is 5.78 Å². The van der Waals surface area contributed by atoms with E-state index in [1.165, 1.54) is 0 Å². The van der Waals surface area contributed by atoms with E-state index in [2.05, 4.69) is 0 Å². The van der Waals surface area contributed by atoms with Crippen LogP contribution < -0.4 is 5.73 Å². The highest BCUT2D eigenvalue weighted by molar-refractivity contribution is 5.98. The van der Waals surface area contributed by atoms with Gasteiger partial charge >= 0.3 is 0 Å². The first-order valence-electron chi connectivity index (χ1n) is 6.53. The van der Waals surface area contributed by atoms with Crippen LogP contribution in [0.2, 0.25) is 0 Å². The fourth-order valence-electron chi connectivity index (χ4n) is 2.55. The maximum absolute atomic E-state index is 12.3. The van der Waals surface area contributed by atoms with Crippen LogP contribution in [-0.4, -0.2) is 11.7 Å². The van der Waals surface area contributed by atoms with Crippen LogP contribution in [0, 0.1) is 5.92 Å². The molecule has 0 aromatic heterocycles. The van der Waals surface area contributed by atoms with Crippen LogP contribution >= 0.6 is 0 Å². The molecular weight excluding hydrogens is 226 g/mol. The van der Waals surface area contributed by atoms with Gasteiger partial charge in [-0.25, -0.2) is 0 Å². The molecule has 18 heavy (non-hydrogen) atoms. The van der Waals surface area contributed by atoms with Crippen LogP contribution in [0.1, 0.15) is 54.4 Å². The number of carbonyl (C=O) groups is 2. The minimum atomic E-state index is -0.361. The van der Waals surface area contributed by atoms with Crippen molar-refractivity contribution in [2.24, 2.45) is 11.7 Å². The van der Waals surface area contributed by atoms with Crippen LogP contribution in [0.5, 0.6) is 0 Å². The number of carbonyl (C=O) groups excluding carboxylic acids is 2. The van der Waals surface area contributed by atoms with Crippen molar-refractivity contribution < 1.29 is 9.59 Å². The van der Waals surface area contributed by atoms with Gasteiger partial charge in [0, 0.05) is 11.5 Å². The predicted molar refractivity (Wildman–Crippen MR) is 70.3 cm³/mol. The van der Waals surface area contributed by atoms with Crippen LogP contribution in [0.3, 0.4) is 0 Å². The maximum atomic E-state index is 12.3. The number of nitrogens with two attached hydrogens (primary N) is 1. The third-order valence-corrected chi connectivity index (χ3v) is 3.82. The van der Waals surface area contributed by atoms with Gasteiger partial charge < -0.3 is 5.73 Å². The van der Waals surface area contributed by atoms with E-state index < -0.39 is 0 Å². The molecule has 1 saturated carbocycles. The molecule has 1 aromatic carbocycles. The minimum Gasteiger partial charge on any atom is -0.369 e. The molecule has 0 bridgehead atoms. The summed E-state index contributed by atoms with van der Waals surface area (Å²) in [5.74, 6) is -0.322. The first-order valence-corrected chi connectivity index (χ1v) is 6.53. The summed E-state index contributed by atoms with van der Waals surface area (Å²) in [5.41, 5.74) is 6.83.